The summed E-state index contributed by atoms with van der Waals surface area (Å²) in [5.41, 5.74) is 11.3. The Morgan fingerprint density at radius 3 is 2.53 bits per heavy atom. The van der Waals surface area contributed by atoms with Crippen LogP contribution in [-0.4, -0.2) is 33.7 Å². The first-order valence-electron chi connectivity index (χ1n) is 15.4. The van der Waals surface area contributed by atoms with Crippen molar-refractivity contribution >= 4 is 57.9 Å². The monoisotopic (exact) mass is 661 g/mol. The average molecular weight is 662 g/mol. The summed E-state index contributed by atoms with van der Waals surface area (Å²) < 4.78 is 0. The first-order chi connectivity index (χ1) is 22.8. The number of hydrazine groups is 1. The molecule has 0 radical (unpaired) electrons. The van der Waals surface area contributed by atoms with Gasteiger partial charge < -0.3 is 15.8 Å². The van der Waals surface area contributed by atoms with Crippen molar-refractivity contribution in [2.75, 3.05) is 12.0 Å². The fourth-order valence-electron chi connectivity index (χ4n) is 5.82. The van der Waals surface area contributed by atoms with Gasteiger partial charge in [0.1, 0.15) is 0 Å². The molecule has 4 aromatic rings. The summed E-state index contributed by atoms with van der Waals surface area (Å²) in [6.07, 6.45) is 4.56. The van der Waals surface area contributed by atoms with Crippen LogP contribution in [0.5, 0.6) is 0 Å². The molecule has 1 atom stereocenters. The molecule has 1 amide bonds. The topological polar surface area (TPSA) is 118 Å². The molecular formula is C37H32ClN5O3S. The second kappa shape index (κ2) is 14.3. The maximum absolute atomic E-state index is 13.1. The van der Waals surface area contributed by atoms with Crippen molar-refractivity contribution in [2.24, 2.45) is 4.99 Å². The Morgan fingerprint density at radius 2 is 1.81 bits per heavy atom. The lowest BCUT2D eigenvalue weighted by Gasteiger charge is -2.25. The number of hydrogen-bond donors (Lipinski definition) is 3. The minimum atomic E-state index is -0.898. The average Bonchev–Trinajstić information content (AvgIpc) is 3.60. The van der Waals surface area contributed by atoms with Gasteiger partial charge in [0.15, 0.2) is 5.17 Å². The summed E-state index contributed by atoms with van der Waals surface area (Å²) in [6, 6.07) is 28.9. The van der Waals surface area contributed by atoms with Crippen molar-refractivity contribution in [3.63, 3.8) is 0 Å². The van der Waals surface area contributed by atoms with Crippen LogP contribution in [0.15, 0.2) is 94.8 Å². The van der Waals surface area contributed by atoms with Crippen molar-refractivity contribution in [1.29, 1.82) is 5.26 Å². The van der Waals surface area contributed by atoms with E-state index < -0.39 is 5.97 Å². The molecule has 1 saturated heterocycles. The second-order valence-electron chi connectivity index (χ2n) is 11.4. The highest BCUT2D eigenvalue weighted by Crippen LogP contribution is 2.44. The van der Waals surface area contributed by atoms with E-state index in [2.05, 4.69) is 58.0 Å². The van der Waals surface area contributed by atoms with Crippen LogP contribution in [0.4, 0.5) is 11.4 Å². The third-order valence-corrected chi connectivity index (χ3v) is 9.39. The largest absolute Gasteiger partial charge is 0.481 e. The Hall–Kier alpha value is -4.88. The number of hydrogen-bond acceptors (Lipinski definition) is 7. The summed E-state index contributed by atoms with van der Waals surface area (Å²) >= 11 is 8.10. The molecule has 1 unspecified atom stereocenters. The number of carboxylic acid groups (broad SMARTS) is 1. The summed E-state index contributed by atoms with van der Waals surface area (Å²) in [4.78, 5) is 29.1. The molecular weight excluding hydrogens is 630 g/mol. The van der Waals surface area contributed by atoms with Crippen LogP contribution in [0.2, 0.25) is 5.02 Å². The Morgan fingerprint density at radius 1 is 1.06 bits per heavy atom. The molecule has 2 aliphatic heterocycles. The zero-order chi connectivity index (χ0) is 32.9. The molecule has 0 aliphatic carbocycles. The van der Waals surface area contributed by atoms with Gasteiger partial charge >= 0.3 is 5.97 Å². The summed E-state index contributed by atoms with van der Waals surface area (Å²) in [6.45, 7) is 3.01. The highest BCUT2D eigenvalue weighted by Gasteiger charge is 2.34. The number of amides is 1. The van der Waals surface area contributed by atoms with E-state index in [0.29, 0.717) is 38.3 Å². The van der Waals surface area contributed by atoms with E-state index in [1.807, 2.05) is 42.5 Å². The number of fused-ring (bicyclic) bond motifs is 1. The predicted molar refractivity (Wildman–Crippen MR) is 188 cm³/mol. The highest BCUT2D eigenvalue weighted by atomic mass is 35.5. The van der Waals surface area contributed by atoms with Crippen molar-refractivity contribution < 1.29 is 14.7 Å². The lowest BCUT2D eigenvalue weighted by molar-refractivity contribution is -0.136. The van der Waals surface area contributed by atoms with Gasteiger partial charge in [-0.15, -0.1) is 0 Å². The fourth-order valence-corrected chi connectivity index (χ4v) is 6.86. The number of aliphatic imine (C=N–C) groups is 1. The minimum absolute atomic E-state index is 0.0359. The van der Waals surface area contributed by atoms with Crippen LogP contribution >= 0.6 is 23.4 Å². The van der Waals surface area contributed by atoms with Crippen LogP contribution in [0.25, 0.3) is 17.2 Å². The van der Waals surface area contributed by atoms with Crippen LogP contribution in [0.1, 0.15) is 53.6 Å². The predicted octanol–water partition coefficient (Wildman–Crippen LogP) is 8.12. The molecule has 3 N–H and O–H groups in total. The molecule has 1 fully saturated rings. The molecule has 2 aliphatic rings. The molecule has 4 aromatic carbocycles. The van der Waals surface area contributed by atoms with Gasteiger partial charge in [-0.05, 0) is 83.3 Å². The normalized spacial score (nSPS) is 17.4. The van der Waals surface area contributed by atoms with Crippen LogP contribution in [-0.2, 0) is 22.4 Å². The number of thioether (sulfide) groups is 1. The van der Waals surface area contributed by atoms with E-state index in [-0.39, 0.29) is 18.4 Å². The smallest absolute Gasteiger partial charge is 0.307 e. The van der Waals surface area contributed by atoms with E-state index in [1.54, 1.807) is 24.3 Å². The SMILES string of the molecule is CCCCN1Nc2ccc(Cl)c(C=C3SC(=Nc4ccc(CC(=O)O)cc4)NC3=O)c2C1Cc1ccc(-c2ccccc2C#N)cc1. The number of carbonyl (C=O) groups is 2. The molecule has 0 spiro atoms. The number of benzene rings is 4. The minimum Gasteiger partial charge on any atom is -0.481 e. The number of nitrogens with zero attached hydrogens (tertiary/aromatic N) is 3. The Balaban J connectivity index is 1.29. The van der Waals surface area contributed by atoms with E-state index in [0.717, 1.165) is 52.9 Å². The van der Waals surface area contributed by atoms with Crippen LogP contribution in [0, 0.1) is 11.3 Å². The van der Waals surface area contributed by atoms with E-state index in [9.17, 15) is 14.9 Å². The Labute approximate surface area is 282 Å². The summed E-state index contributed by atoms with van der Waals surface area (Å²) in [5.74, 6) is -1.16. The number of unbranched alkanes of at least 4 members (excludes halogenated alkanes) is 1. The van der Waals surface area contributed by atoms with Gasteiger partial charge in [0, 0.05) is 22.7 Å². The molecule has 6 rings (SSSR count). The van der Waals surface area contributed by atoms with Gasteiger partial charge in [0.05, 0.1) is 40.4 Å². The van der Waals surface area contributed by atoms with Crippen molar-refractivity contribution in [3.8, 4) is 17.2 Å². The standard InChI is InChI=1S/C37H32ClN5O3S/c1-2-3-18-43-32(19-23-8-12-25(13-9-23)28-7-5-4-6-26(28)22-39)35-29(30(38)16-17-31(35)42-43)21-33-36(46)41-37(47-33)40-27-14-10-24(11-15-27)20-34(44)45/h4-17,21,32,42H,2-3,18-20H2,1H3,(H,44,45)(H,40,41,46). The molecule has 2 heterocycles. The molecule has 236 valence electrons. The molecule has 10 heteroatoms. The number of carboxylic acids is 1. The van der Waals surface area contributed by atoms with E-state index in [1.165, 1.54) is 11.8 Å². The van der Waals surface area contributed by atoms with E-state index in [4.69, 9.17) is 16.7 Å². The van der Waals surface area contributed by atoms with Crippen LogP contribution in [0.3, 0.4) is 0 Å². The van der Waals surface area contributed by atoms with Gasteiger partial charge in [-0.2, -0.15) is 5.26 Å². The Kier molecular flexibility index (Phi) is 9.73. The number of nitriles is 1. The summed E-state index contributed by atoms with van der Waals surface area (Å²) in [5, 5.41) is 24.7. The fraction of sp³-hybridized carbons (Fsp3) is 0.189. The first-order valence-corrected chi connectivity index (χ1v) is 16.6. The maximum Gasteiger partial charge on any atom is 0.307 e. The Bertz CT molecular complexity index is 1930. The zero-order valence-electron chi connectivity index (χ0n) is 25.7. The van der Waals surface area contributed by atoms with Crippen LogP contribution < -0.4 is 10.7 Å². The second-order valence-corrected chi connectivity index (χ2v) is 12.8. The van der Waals surface area contributed by atoms with Gasteiger partial charge in [0.25, 0.3) is 5.91 Å². The number of anilines is 1. The summed E-state index contributed by atoms with van der Waals surface area (Å²) in [7, 11) is 0. The first kappa shape index (κ1) is 32.1. The van der Waals surface area contributed by atoms with Gasteiger partial charge in [-0.1, -0.05) is 79.5 Å². The highest BCUT2D eigenvalue weighted by molar-refractivity contribution is 8.18. The number of nitrogens with one attached hydrogen (secondary N) is 2. The molecule has 0 aromatic heterocycles. The third kappa shape index (κ3) is 7.26. The number of aliphatic carboxylic acids is 1. The van der Waals surface area contributed by atoms with Gasteiger partial charge in [-0.25, -0.2) is 10.0 Å². The number of amidine groups is 1. The lowest BCUT2D eigenvalue weighted by Crippen LogP contribution is -2.30. The quantitative estimate of drug-likeness (QED) is 0.147. The molecule has 8 nitrogen and oxygen atoms in total. The van der Waals surface area contributed by atoms with Crippen molar-refractivity contribution in [3.05, 3.63) is 123 Å². The number of carbonyl (C=O) groups excluding carboxylic acids is 1. The van der Waals surface area contributed by atoms with Crippen molar-refractivity contribution in [1.82, 2.24) is 10.3 Å². The third-order valence-electron chi connectivity index (χ3n) is 8.15. The zero-order valence-corrected chi connectivity index (χ0v) is 27.2. The van der Waals surface area contributed by atoms with E-state index >= 15 is 0 Å². The molecule has 47 heavy (non-hydrogen) atoms. The van der Waals surface area contributed by atoms with Gasteiger partial charge in [-0.3, -0.25) is 9.59 Å². The number of halogens is 1. The van der Waals surface area contributed by atoms with Gasteiger partial charge in [0.2, 0.25) is 0 Å². The number of rotatable bonds is 10. The van der Waals surface area contributed by atoms with Crippen molar-refractivity contribution in [2.45, 2.75) is 38.6 Å². The molecule has 0 saturated carbocycles. The lowest BCUT2D eigenvalue weighted by atomic mass is 9.92. The maximum atomic E-state index is 13.1. The molecule has 0 bridgehead atoms.